The molecule has 0 aliphatic carbocycles. The number of hydrogen-bond acceptors (Lipinski definition) is 3. The van der Waals surface area contributed by atoms with Crippen molar-refractivity contribution in [3.05, 3.63) is 35.4 Å². The van der Waals surface area contributed by atoms with E-state index in [0.29, 0.717) is 12.1 Å². The molecule has 22 heavy (non-hydrogen) atoms. The standard InChI is InChI=1S/C18H29N3O/c1-4-21(14(2)3)13-15-5-7-16(8-6-15)18(22)20-17-9-11-19-12-10-17/h5-8,14,17,19H,4,9-13H2,1-3H3,(H,20,22). The third-order valence-corrected chi connectivity index (χ3v) is 4.41. The van der Waals surface area contributed by atoms with Crippen molar-refractivity contribution >= 4 is 5.91 Å². The number of benzene rings is 1. The summed E-state index contributed by atoms with van der Waals surface area (Å²) in [6.45, 7) is 10.6. The Morgan fingerprint density at radius 1 is 1.27 bits per heavy atom. The molecular weight excluding hydrogens is 274 g/mol. The van der Waals surface area contributed by atoms with E-state index in [1.54, 1.807) is 0 Å². The van der Waals surface area contributed by atoms with E-state index in [-0.39, 0.29) is 5.91 Å². The molecule has 0 saturated carbocycles. The van der Waals surface area contributed by atoms with Gasteiger partial charge in [-0.1, -0.05) is 19.1 Å². The van der Waals surface area contributed by atoms with Crippen LogP contribution in [-0.4, -0.2) is 42.5 Å². The molecular formula is C18H29N3O. The summed E-state index contributed by atoms with van der Waals surface area (Å²) >= 11 is 0. The molecule has 0 bridgehead atoms. The van der Waals surface area contributed by atoms with E-state index < -0.39 is 0 Å². The van der Waals surface area contributed by atoms with Crippen molar-refractivity contribution in [1.29, 1.82) is 0 Å². The second-order valence-electron chi connectivity index (χ2n) is 6.35. The molecule has 4 heteroatoms. The molecule has 1 saturated heterocycles. The van der Waals surface area contributed by atoms with Crippen LogP contribution >= 0.6 is 0 Å². The lowest BCUT2D eigenvalue weighted by Gasteiger charge is -2.25. The molecule has 2 N–H and O–H groups in total. The van der Waals surface area contributed by atoms with Gasteiger partial charge in [-0.15, -0.1) is 0 Å². The Balaban J connectivity index is 1.91. The highest BCUT2D eigenvalue weighted by Crippen LogP contribution is 2.11. The molecule has 2 rings (SSSR count). The van der Waals surface area contributed by atoms with E-state index in [1.165, 1.54) is 5.56 Å². The first kappa shape index (κ1) is 17.0. The first-order valence-electron chi connectivity index (χ1n) is 8.44. The average Bonchev–Trinajstić information content (AvgIpc) is 2.53. The van der Waals surface area contributed by atoms with E-state index in [1.807, 2.05) is 12.1 Å². The maximum atomic E-state index is 12.3. The average molecular weight is 303 g/mol. The van der Waals surface area contributed by atoms with Crippen LogP contribution in [0, 0.1) is 0 Å². The largest absolute Gasteiger partial charge is 0.349 e. The highest BCUT2D eigenvalue weighted by atomic mass is 16.1. The minimum absolute atomic E-state index is 0.0506. The quantitative estimate of drug-likeness (QED) is 0.848. The second-order valence-corrected chi connectivity index (χ2v) is 6.35. The van der Waals surface area contributed by atoms with Gasteiger partial charge in [0.25, 0.3) is 5.91 Å². The smallest absolute Gasteiger partial charge is 0.251 e. The summed E-state index contributed by atoms with van der Waals surface area (Å²) in [4.78, 5) is 14.7. The number of carbonyl (C=O) groups is 1. The maximum Gasteiger partial charge on any atom is 0.251 e. The van der Waals surface area contributed by atoms with Gasteiger partial charge < -0.3 is 10.6 Å². The van der Waals surface area contributed by atoms with Crippen LogP contribution in [0.3, 0.4) is 0 Å². The first-order chi connectivity index (χ1) is 10.6. The van der Waals surface area contributed by atoms with Gasteiger partial charge in [0, 0.05) is 24.2 Å². The van der Waals surface area contributed by atoms with Crippen LogP contribution in [0.4, 0.5) is 0 Å². The number of nitrogens with one attached hydrogen (secondary N) is 2. The van der Waals surface area contributed by atoms with Gasteiger partial charge in [0.05, 0.1) is 0 Å². The number of nitrogens with zero attached hydrogens (tertiary/aromatic N) is 1. The number of carbonyl (C=O) groups excluding carboxylic acids is 1. The van der Waals surface area contributed by atoms with Crippen molar-refractivity contribution in [3.8, 4) is 0 Å². The molecule has 122 valence electrons. The molecule has 4 nitrogen and oxygen atoms in total. The summed E-state index contributed by atoms with van der Waals surface area (Å²) in [5.74, 6) is 0.0506. The lowest BCUT2D eigenvalue weighted by molar-refractivity contribution is 0.0929. The van der Waals surface area contributed by atoms with Gasteiger partial charge in [0.1, 0.15) is 0 Å². The normalized spacial score (nSPS) is 16.2. The third kappa shape index (κ3) is 4.82. The number of piperidine rings is 1. The van der Waals surface area contributed by atoms with Gasteiger partial charge in [0.15, 0.2) is 0 Å². The fourth-order valence-corrected chi connectivity index (χ4v) is 2.89. The molecule has 1 heterocycles. The topological polar surface area (TPSA) is 44.4 Å². The highest BCUT2D eigenvalue weighted by Gasteiger charge is 2.16. The molecule has 1 aliphatic heterocycles. The lowest BCUT2D eigenvalue weighted by Crippen LogP contribution is -2.42. The third-order valence-electron chi connectivity index (χ3n) is 4.41. The SMILES string of the molecule is CCN(Cc1ccc(C(=O)NC2CCNCC2)cc1)C(C)C. The Kier molecular flexibility index (Phi) is 6.40. The highest BCUT2D eigenvalue weighted by molar-refractivity contribution is 5.94. The Bertz CT molecular complexity index is 464. The van der Waals surface area contributed by atoms with E-state index >= 15 is 0 Å². The number of hydrogen-bond donors (Lipinski definition) is 2. The first-order valence-corrected chi connectivity index (χ1v) is 8.44. The predicted octanol–water partition coefficient (Wildman–Crippen LogP) is 2.40. The van der Waals surface area contributed by atoms with E-state index in [9.17, 15) is 4.79 Å². The second kappa shape index (κ2) is 8.30. The van der Waals surface area contributed by atoms with Crippen molar-refractivity contribution < 1.29 is 4.79 Å². The molecule has 0 aromatic heterocycles. The molecule has 1 aromatic rings. The van der Waals surface area contributed by atoms with Gasteiger partial charge >= 0.3 is 0 Å². The van der Waals surface area contributed by atoms with Crippen LogP contribution in [0.15, 0.2) is 24.3 Å². The summed E-state index contributed by atoms with van der Waals surface area (Å²) in [5, 5.41) is 6.45. The van der Waals surface area contributed by atoms with Crippen molar-refractivity contribution in [2.24, 2.45) is 0 Å². The summed E-state index contributed by atoms with van der Waals surface area (Å²) in [6.07, 6.45) is 2.04. The summed E-state index contributed by atoms with van der Waals surface area (Å²) in [5.41, 5.74) is 2.02. The number of amides is 1. The van der Waals surface area contributed by atoms with Crippen LogP contribution in [0.2, 0.25) is 0 Å². The number of rotatable bonds is 6. The molecule has 1 fully saturated rings. The Labute approximate surface area is 134 Å². The van der Waals surface area contributed by atoms with Crippen LogP contribution in [-0.2, 0) is 6.54 Å². The Morgan fingerprint density at radius 2 is 1.91 bits per heavy atom. The molecule has 0 unspecified atom stereocenters. The van der Waals surface area contributed by atoms with Crippen molar-refractivity contribution in [3.63, 3.8) is 0 Å². The summed E-state index contributed by atoms with van der Waals surface area (Å²) in [7, 11) is 0. The zero-order valence-electron chi connectivity index (χ0n) is 14.1. The van der Waals surface area contributed by atoms with Crippen molar-refractivity contribution in [2.75, 3.05) is 19.6 Å². The molecule has 1 aromatic carbocycles. The van der Waals surface area contributed by atoms with Gasteiger partial charge in [-0.25, -0.2) is 0 Å². The van der Waals surface area contributed by atoms with Crippen LogP contribution in [0.1, 0.15) is 49.5 Å². The minimum Gasteiger partial charge on any atom is -0.349 e. The van der Waals surface area contributed by atoms with Gasteiger partial charge in [-0.05, 0) is 64.0 Å². The van der Waals surface area contributed by atoms with Crippen LogP contribution in [0.25, 0.3) is 0 Å². The minimum atomic E-state index is 0.0506. The molecule has 1 amide bonds. The summed E-state index contributed by atoms with van der Waals surface area (Å²) in [6, 6.07) is 8.88. The Morgan fingerprint density at radius 3 is 2.45 bits per heavy atom. The van der Waals surface area contributed by atoms with Crippen molar-refractivity contribution in [1.82, 2.24) is 15.5 Å². The molecule has 0 spiro atoms. The zero-order chi connectivity index (χ0) is 15.9. The lowest BCUT2D eigenvalue weighted by atomic mass is 10.1. The molecule has 1 aliphatic rings. The van der Waals surface area contributed by atoms with E-state index in [4.69, 9.17) is 0 Å². The predicted molar refractivity (Wildman–Crippen MR) is 91.0 cm³/mol. The maximum absolute atomic E-state index is 12.3. The van der Waals surface area contributed by atoms with Crippen molar-refractivity contribution in [2.45, 2.75) is 52.2 Å². The molecule has 0 radical (unpaired) electrons. The van der Waals surface area contributed by atoms with Gasteiger partial charge in [-0.3, -0.25) is 9.69 Å². The van der Waals surface area contributed by atoms with E-state index in [0.717, 1.165) is 44.6 Å². The monoisotopic (exact) mass is 303 g/mol. The molecule has 0 atom stereocenters. The van der Waals surface area contributed by atoms with Crippen LogP contribution in [0.5, 0.6) is 0 Å². The van der Waals surface area contributed by atoms with Crippen LogP contribution < -0.4 is 10.6 Å². The zero-order valence-corrected chi connectivity index (χ0v) is 14.1. The Hall–Kier alpha value is -1.39. The summed E-state index contributed by atoms with van der Waals surface area (Å²) < 4.78 is 0. The fourth-order valence-electron chi connectivity index (χ4n) is 2.89. The van der Waals surface area contributed by atoms with E-state index in [2.05, 4.69) is 48.4 Å². The van der Waals surface area contributed by atoms with Gasteiger partial charge in [0.2, 0.25) is 0 Å². The fraction of sp³-hybridized carbons (Fsp3) is 0.611. The van der Waals surface area contributed by atoms with Gasteiger partial charge in [-0.2, -0.15) is 0 Å².